The highest BCUT2D eigenvalue weighted by Crippen LogP contribution is 2.26. The largest absolute Gasteiger partial charge is 0.550 e. The summed E-state index contributed by atoms with van der Waals surface area (Å²) in [6, 6.07) is 9.70. The van der Waals surface area contributed by atoms with Crippen LogP contribution in [0.4, 0.5) is 0 Å². The van der Waals surface area contributed by atoms with Crippen LogP contribution in [0.5, 0.6) is 0 Å². The quantitative estimate of drug-likeness (QED) is 0.873. The second kappa shape index (κ2) is 6.40. The number of rotatable bonds is 4. The lowest BCUT2D eigenvalue weighted by molar-refractivity contribution is -0.312. The van der Waals surface area contributed by atoms with Gasteiger partial charge in [-0.25, -0.2) is 0 Å². The van der Waals surface area contributed by atoms with Crippen molar-refractivity contribution in [2.24, 2.45) is 11.3 Å². The highest BCUT2D eigenvalue weighted by Gasteiger charge is 2.19. The average Bonchev–Trinajstić information content (AvgIpc) is 2.16. The minimum absolute atomic E-state index is 0. The molecule has 1 aromatic rings. The lowest BCUT2D eigenvalue weighted by Crippen LogP contribution is -2.35. The minimum atomic E-state index is -0.946. The van der Waals surface area contributed by atoms with E-state index >= 15 is 0 Å². The molecule has 17 heavy (non-hydrogen) atoms. The van der Waals surface area contributed by atoms with E-state index < -0.39 is 11.9 Å². The van der Waals surface area contributed by atoms with Crippen LogP contribution in [0, 0.1) is 11.3 Å². The van der Waals surface area contributed by atoms with Crippen LogP contribution in [0.15, 0.2) is 30.3 Å². The topological polar surface area (TPSA) is 76.6 Å². The third-order valence-corrected chi connectivity index (χ3v) is 2.52. The maximum Gasteiger partial charge on any atom is 0.0448 e. The molecule has 0 aromatic heterocycles. The normalized spacial score (nSPS) is 12.6. The third kappa shape index (κ3) is 6.07. The van der Waals surface area contributed by atoms with E-state index in [4.69, 9.17) is 0 Å². The molecule has 3 heteroatoms. The van der Waals surface area contributed by atoms with Crippen molar-refractivity contribution in [3.05, 3.63) is 35.9 Å². The van der Waals surface area contributed by atoms with Gasteiger partial charge in [0.15, 0.2) is 0 Å². The van der Waals surface area contributed by atoms with Crippen LogP contribution in [0.3, 0.4) is 0 Å². The average molecular weight is 237 g/mol. The van der Waals surface area contributed by atoms with Crippen molar-refractivity contribution < 1.29 is 9.90 Å². The van der Waals surface area contributed by atoms with Crippen molar-refractivity contribution in [1.29, 1.82) is 0 Å². The molecule has 0 amide bonds. The predicted molar refractivity (Wildman–Crippen MR) is 68.7 cm³/mol. The number of benzene rings is 1. The number of aliphatic carboxylic acids is 1. The fourth-order valence-electron chi connectivity index (χ4n) is 1.88. The summed E-state index contributed by atoms with van der Waals surface area (Å²) in [5, 5.41) is 11.1. The zero-order valence-corrected chi connectivity index (χ0v) is 11.2. The Morgan fingerprint density at radius 3 is 2.18 bits per heavy atom. The van der Waals surface area contributed by atoms with Crippen molar-refractivity contribution in [1.82, 2.24) is 6.15 Å². The standard InChI is InChI=1S/C14H20O2.H3N/c1-14(2,3)10-12(13(15)16)9-11-7-5-4-6-8-11;/h4-8,12H,9-10H2,1-3H3,(H,15,16);1H3. The van der Waals surface area contributed by atoms with E-state index in [0.717, 1.165) is 5.56 Å². The van der Waals surface area contributed by atoms with Crippen LogP contribution in [-0.4, -0.2) is 5.97 Å². The molecule has 0 bridgehead atoms. The summed E-state index contributed by atoms with van der Waals surface area (Å²) < 4.78 is 0. The molecule has 0 fully saturated rings. The Balaban J connectivity index is 0.00000256. The van der Waals surface area contributed by atoms with Crippen LogP contribution < -0.4 is 11.3 Å². The fraction of sp³-hybridized carbons (Fsp3) is 0.500. The summed E-state index contributed by atoms with van der Waals surface area (Å²) in [7, 11) is 0. The molecule has 1 aromatic carbocycles. The van der Waals surface area contributed by atoms with Crippen molar-refractivity contribution in [2.75, 3.05) is 0 Å². The smallest absolute Gasteiger partial charge is 0.0448 e. The highest BCUT2D eigenvalue weighted by molar-refractivity contribution is 5.68. The maximum atomic E-state index is 11.1. The van der Waals surface area contributed by atoms with Crippen molar-refractivity contribution >= 4 is 5.97 Å². The lowest BCUT2D eigenvalue weighted by atomic mass is 9.82. The Kier molecular flexibility index (Phi) is 5.89. The second-order valence-corrected chi connectivity index (χ2v) is 5.47. The van der Waals surface area contributed by atoms with Gasteiger partial charge in [0.1, 0.15) is 0 Å². The van der Waals surface area contributed by atoms with Crippen molar-refractivity contribution in [3.63, 3.8) is 0 Å². The van der Waals surface area contributed by atoms with Gasteiger partial charge in [0.05, 0.1) is 0 Å². The Bertz CT molecular complexity index is 341. The third-order valence-electron chi connectivity index (χ3n) is 2.52. The molecule has 4 N–H and O–H groups in total. The van der Waals surface area contributed by atoms with E-state index in [1.807, 2.05) is 51.1 Å². The van der Waals surface area contributed by atoms with Crippen LogP contribution >= 0.6 is 0 Å². The molecule has 1 unspecified atom stereocenters. The molecule has 1 atom stereocenters. The Morgan fingerprint density at radius 1 is 1.24 bits per heavy atom. The van der Waals surface area contributed by atoms with Gasteiger partial charge >= 0.3 is 0 Å². The van der Waals surface area contributed by atoms with E-state index in [2.05, 4.69) is 0 Å². The fourth-order valence-corrected chi connectivity index (χ4v) is 1.88. The van der Waals surface area contributed by atoms with Gasteiger partial charge in [-0.2, -0.15) is 0 Å². The first-order valence-corrected chi connectivity index (χ1v) is 5.63. The van der Waals surface area contributed by atoms with E-state index in [1.54, 1.807) is 0 Å². The first-order chi connectivity index (χ1) is 7.38. The number of carboxylic acid groups (broad SMARTS) is 1. The molecule has 1 rings (SSSR count). The maximum absolute atomic E-state index is 11.1. The Hall–Kier alpha value is -1.35. The molecule has 0 spiro atoms. The molecular formula is C14H23NO2. The van der Waals surface area contributed by atoms with Gasteiger partial charge in [0, 0.05) is 11.9 Å². The van der Waals surface area contributed by atoms with Crippen LogP contribution in [0.2, 0.25) is 0 Å². The monoisotopic (exact) mass is 237 g/mol. The summed E-state index contributed by atoms with van der Waals surface area (Å²) in [6.45, 7) is 6.15. The van der Waals surface area contributed by atoms with E-state index in [-0.39, 0.29) is 11.6 Å². The van der Waals surface area contributed by atoms with Crippen molar-refractivity contribution in [2.45, 2.75) is 33.6 Å². The first kappa shape index (κ1) is 15.7. The summed E-state index contributed by atoms with van der Waals surface area (Å²) >= 11 is 0. The van der Waals surface area contributed by atoms with Crippen LogP contribution in [0.1, 0.15) is 32.8 Å². The van der Waals surface area contributed by atoms with Crippen molar-refractivity contribution in [3.8, 4) is 0 Å². The molecule has 0 aliphatic heterocycles. The molecular weight excluding hydrogens is 214 g/mol. The Labute approximate surface area is 103 Å². The summed E-state index contributed by atoms with van der Waals surface area (Å²) in [5.41, 5.74) is 1.07. The van der Waals surface area contributed by atoms with Gasteiger partial charge < -0.3 is 16.1 Å². The van der Waals surface area contributed by atoms with Crippen LogP contribution in [-0.2, 0) is 11.2 Å². The predicted octanol–water partition coefficient (Wildman–Crippen LogP) is 2.41. The molecule has 0 radical (unpaired) electrons. The van der Waals surface area contributed by atoms with Gasteiger partial charge in [-0.3, -0.25) is 0 Å². The molecule has 0 saturated carbocycles. The highest BCUT2D eigenvalue weighted by atomic mass is 16.4. The molecule has 3 nitrogen and oxygen atoms in total. The number of hydrogen-bond donors (Lipinski definition) is 1. The molecule has 0 aliphatic rings. The van der Waals surface area contributed by atoms with Gasteiger partial charge in [-0.05, 0) is 23.8 Å². The van der Waals surface area contributed by atoms with Gasteiger partial charge in [0.25, 0.3) is 0 Å². The number of hydrogen-bond acceptors (Lipinski definition) is 2. The van der Waals surface area contributed by atoms with E-state index in [9.17, 15) is 9.90 Å². The zero-order valence-electron chi connectivity index (χ0n) is 11.2. The van der Waals surface area contributed by atoms with Crippen LogP contribution in [0.25, 0.3) is 0 Å². The Morgan fingerprint density at radius 2 is 1.76 bits per heavy atom. The molecule has 0 aliphatic carbocycles. The van der Waals surface area contributed by atoms with Gasteiger partial charge in [-0.15, -0.1) is 0 Å². The van der Waals surface area contributed by atoms with E-state index in [1.165, 1.54) is 0 Å². The summed E-state index contributed by atoms with van der Waals surface area (Å²) in [4.78, 5) is 11.1. The summed E-state index contributed by atoms with van der Waals surface area (Å²) in [6.07, 6.45) is 1.20. The second-order valence-electron chi connectivity index (χ2n) is 5.47. The summed E-state index contributed by atoms with van der Waals surface area (Å²) in [5.74, 6) is -1.35. The number of carbonyl (C=O) groups excluding carboxylic acids is 1. The molecule has 96 valence electrons. The SMILES string of the molecule is CC(C)(C)CC(Cc1ccccc1)C(=O)[O-].[NH4+]. The number of carbonyl (C=O) groups is 1. The zero-order chi connectivity index (χ0) is 12.2. The molecule has 0 heterocycles. The van der Waals surface area contributed by atoms with Gasteiger partial charge in [-0.1, -0.05) is 51.1 Å². The van der Waals surface area contributed by atoms with E-state index in [0.29, 0.717) is 12.8 Å². The number of quaternary nitrogens is 1. The minimum Gasteiger partial charge on any atom is -0.550 e. The first-order valence-electron chi connectivity index (χ1n) is 5.63. The lowest BCUT2D eigenvalue weighted by Gasteiger charge is -2.26. The van der Waals surface area contributed by atoms with Gasteiger partial charge in [0.2, 0.25) is 0 Å². The molecule has 0 saturated heterocycles. The number of carboxylic acids is 1.